The molecule has 0 saturated carbocycles. The van der Waals surface area contributed by atoms with Gasteiger partial charge in [-0.15, -0.1) is 0 Å². The van der Waals surface area contributed by atoms with Crippen LogP contribution < -0.4 is 14.2 Å². The van der Waals surface area contributed by atoms with Gasteiger partial charge >= 0.3 is 0 Å². The van der Waals surface area contributed by atoms with Crippen LogP contribution in [0.15, 0.2) is 72.8 Å². The van der Waals surface area contributed by atoms with Crippen molar-refractivity contribution < 1.29 is 23.1 Å². The molecule has 0 atom stereocenters. The highest BCUT2D eigenvalue weighted by Gasteiger charge is 2.15. The highest BCUT2D eigenvalue weighted by molar-refractivity contribution is 5.78. The molecule has 3 aromatic rings. The Morgan fingerprint density at radius 3 is 2.00 bits per heavy atom. The van der Waals surface area contributed by atoms with Crippen LogP contribution >= 0.6 is 0 Å². The monoisotopic (exact) mass is 351 g/mol. The molecular weight excluding hydrogens is 328 g/mol. The predicted octanol–water partition coefficient (Wildman–Crippen LogP) is 4.67. The van der Waals surface area contributed by atoms with Crippen LogP contribution in [0.2, 0.25) is 0 Å². The average Bonchev–Trinajstić information content (AvgIpc) is 2.71. The number of carbonyl (C=O) groups excluding carboxylic acids is 1. The van der Waals surface area contributed by atoms with Gasteiger partial charge in [-0.05, 0) is 23.3 Å². The number of benzene rings is 3. The van der Waals surface area contributed by atoms with Gasteiger partial charge in [-0.1, -0.05) is 60.7 Å². The second-order valence-electron chi connectivity index (χ2n) is 5.61. The third kappa shape index (κ3) is 4.42. The Labute approximate surface area is 157 Å². The summed E-state index contributed by atoms with van der Waals surface area (Å²) in [7, 11) is -2.71. The van der Waals surface area contributed by atoms with E-state index in [0.29, 0.717) is 6.29 Å². The molecule has 0 unspecified atom stereocenters. The fourth-order valence-electron chi connectivity index (χ4n) is 2.46. The molecule has 4 nitrogen and oxygen atoms in total. The van der Waals surface area contributed by atoms with Crippen LogP contribution in [0.3, 0.4) is 0 Å². The number of ether oxygens (including phenoxy) is 3. The minimum Gasteiger partial charge on any atom is -0.493 e. The number of hydrogen-bond acceptors (Lipinski definition) is 4. The quantitative estimate of drug-likeness (QED) is 0.554. The summed E-state index contributed by atoms with van der Waals surface area (Å²) in [6.07, 6.45) is 0.600. The summed E-state index contributed by atoms with van der Waals surface area (Å²) >= 11 is 0. The Morgan fingerprint density at radius 1 is 0.846 bits per heavy atom. The van der Waals surface area contributed by atoms with E-state index in [1.807, 2.05) is 60.7 Å². The average molecular weight is 351 g/mol. The molecule has 0 fully saturated rings. The van der Waals surface area contributed by atoms with Gasteiger partial charge in [-0.25, -0.2) is 0 Å². The second-order valence-corrected chi connectivity index (χ2v) is 5.61. The standard InChI is InChI=1S/C22H20O4/c1-24-20-12-19(14-23)13-21(25-15-17-8-4-2-5-9-17)22(20)26-16-18-10-6-3-7-11-18/h2-14H,15-16H2,1H3/i1D3. The van der Waals surface area contributed by atoms with Crippen molar-refractivity contribution in [2.75, 3.05) is 7.04 Å². The summed E-state index contributed by atoms with van der Waals surface area (Å²) in [5.74, 6) is 0.286. The number of hydrogen-bond donors (Lipinski definition) is 0. The molecule has 0 radical (unpaired) electrons. The molecule has 0 amide bonds. The molecule has 26 heavy (non-hydrogen) atoms. The van der Waals surface area contributed by atoms with E-state index in [1.165, 1.54) is 12.1 Å². The second kappa shape index (κ2) is 8.72. The first-order chi connectivity index (χ1) is 13.9. The van der Waals surface area contributed by atoms with Crippen molar-refractivity contribution in [3.05, 3.63) is 89.5 Å². The molecule has 0 aromatic heterocycles. The zero-order valence-electron chi connectivity index (χ0n) is 17.1. The number of rotatable bonds is 8. The van der Waals surface area contributed by atoms with E-state index in [0.717, 1.165) is 11.1 Å². The Bertz CT molecular complexity index is 942. The van der Waals surface area contributed by atoms with Gasteiger partial charge in [0.05, 0.1) is 11.2 Å². The van der Waals surface area contributed by atoms with Gasteiger partial charge in [-0.2, -0.15) is 0 Å². The molecule has 3 rings (SSSR count). The maximum absolute atomic E-state index is 11.3. The summed E-state index contributed by atoms with van der Waals surface area (Å²) in [5, 5.41) is 0. The third-order valence-corrected chi connectivity index (χ3v) is 3.75. The van der Waals surface area contributed by atoms with Crippen LogP contribution in [-0.4, -0.2) is 13.3 Å². The van der Waals surface area contributed by atoms with Crippen LogP contribution in [0.5, 0.6) is 17.2 Å². The Hall–Kier alpha value is -3.27. The van der Waals surface area contributed by atoms with E-state index in [1.54, 1.807) is 0 Å². The van der Waals surface area contributed by atoms with E-state index < -0.39 is 7.04 Å². The molecule has 0 aliphatic heterocycles. The normalized spacial score (nSPS) is 12.4. The molecule has 0 bridgehead atoms. The van der Waals surface area contributed by atoms with E-state index in [4.69, 9.17) is 18.3 Å². The van der Waals surface area contributed by atoms with Gasteiger partial charge < -0.3 is 14.2 Å². The lowest BCUT2D eigenvalue weighted by Gasteiger charge is -2.16. The molecule has 4 heteroatoms. The maximum Gasteiger partial charge on any atom is 0.203 e. The largest absolute Gasteiger partial charge is 0.493 e. The summed E-state index contributed by atoms with van der Waals surface area (Å²) in [6.45, 7) is 0.401. The Balaban J connectivity index is 1.93. The van der Waals surface area contributed by atoms with Crippen molar-refractivity contribution in [2.45, 2.75) is 13.2 Å². The van der Waals surface area contributed by atoms with Crippen molar-refractivity contribution in [3.63, 3.8) is 0 Å². The van der Waals surface area contributed by atoms with E-state index in [2.05, 4.69) is 0 Å². The maximum atomic E-state index is 11.3. The van der Waals surface area contributed by atoms with Gasteiger partial charge in [-0.3, -0.25) is 4.79 Å². The third-order valence-electron chi connectivity index (χ3n) is 3.75. The summed E-state index contributed by atoms with van der Waals surface area (Å²) in [6, 6.07) is 21.7. The molecule has 0 heterocycles. The first kappa shape index (κ1) is 14.0. The fraction of sp³-hybridized carbons (Fsp3) is 0.136. The SMILES string of the molecule is [2H]C([2H])([2H])Oc1cc(C=O)cc(OCc2ccccc2)c1OCc1ccccc1. The number of methoxy groups -OCH3 is 1. The first-order valence-corrected chi connectivity index (χ1v) is 8.10. The van der Waals surface area contributed by atoms with Crippen LogP contribution in [0, 0.1) is 0 Å². The van der Waals surface area contributed by atoms with Gasteiger partial charge in [0.25, 0.3) is 0 Å². The fourth-order valence-corrected chi connectivity index (χ4v) is 2.46. The summed E-state index contributed by atoms with van der Waals surface area (Å²) in [5.41, 5.74) is 2.02. The van der Waals surface area contributed by atoms with Crippen LogP contribution in [0.4, 0.5) is 0 Å². The zero-order valence-corrected chi connectivity index (χ0v) is 14.1. The lowest BCUT2D eigenvalue weighted by Crippen LogP contribution is -2.03. The highest BCUT2D eigenvalue weighted by Crippen LogP contribution is 2.39. The van der Waals surface area contributed by atoms with Crippen LogP contribution in [0.1, 0.15) is 25.6 Å². The molecule has 3 aromatic carbocycles. The van der Waals surface area contributed by atoms with Gasteiger partial charge in [0.1, 0.15) is 19.5 Å². The molecule has 132 valence electrons. The van der Waals surface area contributed by atoms with Crippen molar-refractivity contribution in [2.24, 2.45) is 0 Å². The van der Waals surface area contributed by atoms with Crippen molar-refractivity contribution >= 4 is 6.29 Å². The Kier molecular flexibility index (Phi) is 4.68. The smallest absolute Gasteiger partial charge is 0.203 e. The van der Waals surface area contributed by atoms with Crippen molar-refractivity contribution in [3.8, 4) is 17.2 Å². The van der Waals surface area contributed by atoms with Gasteiger partial charge in [0, 0.05) is 5.56 Å². The molecule has 0 aliphatic rings. The zero-order chi connectivity index (χ0) is 20.7. The minimum absolute atomic E-state index is 0.0754. The van der Waals surface area contributed by atoms with Crippen molar-refractivity contribution in [1.29, 1.82) is 0 Å². The van der Waals surface area contributed by atoms with E-state index in [9.17, 15) is 4.79 Å². The lowest BCUT2D eigenvalue weighted by molar-refractivity contribution is 0.112. The molecule has 0 spiro atoms. The van der Waals surface area contributed by atoms with Crippen LogP contribution in [-0.2, 0) is 13.2 Å². The van der Waals surface area contributed by atoms with Gasteiger partial charge in [0.2, 0.25) is 5.75 Å². The topological polar surface area (TPSA) is 44.8 Å². The predicted molar refractivity (Wildman–Crippen MR) is 99.9 cm³/mol. The molecule has 0 aliphatic carbocycles. The molecule has 0 saturated heterocycles. The summed E-state index contributed by atoms with van der Waals surface area (Å²) in [4.78, 5) is 11.3. The van der Waals surface area contributed by atoms with Gasteiger partial charge in [0.15, 0.2) is 11.5 Å². The molecule has 0 N–H and O–H groups in total. The number of aldehydes is 1. The minimum atomic E-state index is -2.71. The lowest BCUT2D eigenvalue weighted by atomic mass is 10.2. The summed E-state index contributed by atoms with van der Waals surface area (Å²) < 4.78 is 39.1. The number of carbonyl (C=O) groups is 1. The van der Waals surface area contributed by atoms with E-state index in [-0.39, 0.29) is 36.0 Å². The Morgan fingerprint density at radius 2 is 1.42 bits per heavy atom. The van der Waals surface area contributed by atoms with Crippen molar-refractivity contribution in [1.82, 2.24) is 0 Å². The first-order valence-electron chi connectivity index (χ1n) is 9.60. The molecular formula is C22H20O4. The van der Waals surface area contributed by atoms with Crippen LogP contribution in [0.25, 0.3) is 0 Å². The highest BCUT2D eigenvalue weighted by atomic mass is 16.5. The van der Waals surface area contributed by atoms with E-state index >= 15 is 0 Å².